The summed E-state index contributed by atoms with van der Waals surface area (Å²) in [4.78, 5) is 0. The van der Waals surface area contributed by atoms with Crippen LogP contribution in [-0.4, -0.2) is 18.3 Å². The predicted molar refractivity (Wildman–Crippen MR) is 78.0 cm³/mol. The van der Waals surface area contributed by atoms with Gasteiger partial charge in [-0.3, -0.25) is 0 Å². The first kappa shape index (κ1) is 18.3. The third-order valence-electron chi connectivity index (χ3n) is 1.53. The van der Waals surface area contributed by atoms with Gasteiger partial charge in [-0.15, -0.1) is 23.2 Å². The van der Waals surface area contributed by atoms with Crippen molar-refractivity contribution in [1.82, 2.24) is 0 Å². The molecule has 0 aromatic heterocycles. The fraction of sp³-hybridized carbons (Fsp3) is 0.875. The first-order chi connectivity index (χ1) is 6.99. The zero-order valence-corrected chi connectivity index (χ0v) is 13.9. The van der Waals surface area contributed by atoms with Crippen molar-refractivity contribution in [2.24, 2.45) is 0 Å². The van der Waals surface area contributed by atoms with Gasteiger partial charge in [0.25, 0.3) is 0 Å². The Morgan fingerprint density at radius 2 is 1.25 bits per heavy atom. The summed E-state index contributed by atoms with van der Waals surface area (Å²) in [5, 5.41) is -0.701. The molecular formula is C8H9Cl8. The van der Waals surface area contributed by atoms with Crippen molar-refractivity contribution in [3.8, 4) is 0 Å². The van der Waals surface area contributed by atoms with E-state index in [2.05, 4.69) is 0 Å². The maximum atomic E-state index is 5.94. The average molecular weight is 389 g/mol. The molecule has 0 bridgehead atoms. The molecule has 16 heavy (non-hydrogen) atoms. The summed E-state index contributed by atoms with van der Waals surface area (Å²) in [6.45, 7) is 0. The SMILES string of the molecule is ClC([CH]CC(Cl)CC(Cl)(Cl)Cl)CC(Cl)(Cl)Cl. The van der Waals surface area contributed by atoms with Gasteiger partial charge in [0.1, 0.15) is 0 Å². The molecule has 0 amide bonds. The molecule has 0 spiro atoms. The summed E-state index contributed by atoms with van der Waals surface area (Å²) in [7, 11) is 0. The molecule has 0 rings (SSSR count). The van der Waals surface area contributed by atoms with Gasteiger partial charge in [-0.25, -0.2) is 0 Å². The van der Waals surface area contributed by atoms with E-state index in [0.717, 1.165) is 0 Å². The van der Waals surface area contributed by atoms with Crippen molar-refractivity contribution < 1.29 is 0 Å². The van der Waals surface area contributed by atoms with Gasteiger partial charge in [-0.1, -0.05) is 69.6 Å². The van der Waals surface area contributed by atoms with Gasteiger partial charge >= 0.3 is 0 Å². The standard InChI is InChI=1S/C8H9Cl8/c9-5(3-7(11,12)13)1-2-6(10)4-8(14,15)16/h1,5-6H,2-4H2. The first-order valence-electron chi connectivity index (χ1n) is 4.24. The summed E-state index contributed by atoms with van der Waals surface area (Å²) in [6.07, 6.45) is 2.64. The molecule has 0 aliphatic rings. The Morgan fingerprint density at radius 3 is 1.62 bits per heavy atom. The van der Waals surface area contributed by atoms with E-state index in [1.54, 1.807) is 6.42 Å². The van der Waals surface area contributed by atoms with Gasteiger partial charge in [-0.05, 0) is 12.8 Å². The number of halogens is 8. The van der Waals surface area contributed by atoms with Crippen molar-refractivity contribution in [3.63, 3.8) is 0 Å². The molecule has 1 radical (unpaired) electrons. The second-order valence-corrected chi connectivity index (χ2v) is 9.43. The van der Waals surface area contributed by atoms with E-state index >= 15 is 0 Å². The third-order valence-corrected chi connectivity index (χ3v) is 3.12. The lowest BCUT2D eigenvalue weighted by atomic mass is 10.1. The number of rotatable bonds is 5. The molecule has 0 saturated heterocycles. The molecular weight excluding hydrogens is 380 g/mol. The largest absolute Gasteiger partial charge is 0.192 e. The molecule has 0 heterocycles. The van der Waals surface area contributed by atoms with Crippen molar-refractivity contribution >= 4 is 92.8 Å². The van der Waals surface area contributed by atoms with Crippen molar-refractivity contribution in [2.45, 2.75) is 37.6 Å². The smallest absolute Gasteiger partial charge is 0.123 e. The van der Waals surface area contributed by atoms with Gasteiger partial charge in [0, 0.05) is 23.6 Å². The Morgan fingerprint density at radius 1 is 0.812 bits per heavy atom. The highest BCUT2D eigenvalue weighted by molar-refractivity contribution is 6.68. The van der Waals surface area contributed by atoms with Crippen LogP contribution in [0.25, 0.3) is 0 Å². The van der Waals surface area contributed by atoms with Crippen LogP contribution in [0.1, 0.15) is 19.3 Å². The minimum Gasteiger partial charge on any atom is -0.123 e. The van der Waals surface area contributed by atoms with Crippen molar-refractivity contribution in [1.29, 1.82) is 0 Å². The molecule has 0 nitrogen and oxygen atoms in total. The highest BCUT2D eigenvalue weighted by Crippen LogP contribution is 2.36. The Hall–Kier alpha value is 2.32. The minimum atomic E-state index is -1.38. The van der Waals surface area contributed by atoms with E-state index in [4.69, 9.17) is 92.8 Å². The molecule has 0 aliphatic carbocycles. The highest BCUT2D eigenvalue weighted by atomic mass is 35.6. The molecule has 0 saturated carbocycles. The molecule has 0 aromatic carbocycles. The lowest BCUT2D eigenvalue weighted by molar-refractivity contribution is 0.712. The second kappa shape index (κ2) is 7.80. The topological polar surface area (TPSA) is 0 Å². The van der Waals surface area contributed by atoms with E-state index in [1.165, 1.54) is 0 Å². The summed E-state index contributed by atoms with van der Waals surface area (Å²) in [5.41, 5.74) is 0. The lowest BCUT2D eigenvalue weighted by Gasteiger charge is -2.18. The van der Waals surface area contributed by atoms with E-state index < -0.39 is 7.59 Å². The van der Waals surface area contributed by atoms with E-state index in [1.807, 2.05) is 0 Å². The van der Waals surface area contributed by atoms with Crippen LogP contribution in [0.2, 0.25) is 0 Å². The Kier molecular flexibility index (Phi) is 8.93. The van der Waals surface area contributed by atoms with Crippen LogP contribution in [0, 0.1) is 6.42 Å². The number of alkyl halides is 8. The third kappa shape index (κ3) is 12.8. The fourth-order valence-corrected chi connectivity index (χ4v) is 3.13. The highest BCUT2D eigenvalue weighted by Gasteiger charge is 2.27. The molecule has 2 unspecified atom stereocenters. The van der Waals surface area contributed by atoms with Crippen molar-refractivity contribution in [2.75, 3.05) is 0 Å². The van der Waals surface area contributed by atoms with Gasteiger partial charge in [0.2, 0.25) is 0 Å². The maximum Gasteiger partial charge on any atom is 0.192 e. The van der Waals surface area contributed by atoms with E-state index in [-0.39, 0.29) is 23.6 Å². The zero-order valence-electron chi connectivity index (χ0n) is 7.88. The molecule has 0 aromatic rings. The van der Waals surface area contributed by atoms with Crippen LogP contribution in [0.3, 0.4) is 0 Å². The molecule has 0 aliphatic heterocycles. The van der Waals surface area contributed by atoms with Crippen LogP contribution in [0.4, 0.5) is 0 Å². The Labute approximate surface area is 136 Å². The number of hydrogen-bond acceptors (Lipinski definition) is 0. The molecule has 0 fully saturated rings. The van der Waals surface area contributed by atoms with Gasteiger partial charge in [0.15, 0.2) is 7.59 Å². The van der Waals surface area contributed by atoms with Crippen LogP contribution in [-0.2, 0) is 0 Å². The summed E-state index contributed by atoms with van der Waals surface area (Å²) >= 11 is 45.4. The van der Waals surface area contributed by atoms with Crippen molar-refractivity contribution in [3.05, 3.63) is 6.42 Å². The number of hydrogen-bond donors (Lipinski definition) is 0. The molecule has 97 valence electrons. The lowest BCUT2D eigenvalue weighted by Crippen LogP contribution is -2.16. The van der Waals surface area contributed by atoms with Gasteiger partial charge in [0.05, 0.1) is 0 Å². The summed E-state index contributed by atoms with van der Waals surface area (Å²) in [6, 6.07) is 0. The van der Waals surface area contributed by atoms with Crippen LogP contribution in [0.5, 0.6) is 0 Å². The van der Waals surface area contributed by atoms with Crippen LogP contribution in [0.15, 0.2) is 0 Å². The summed E-state index contributed by atoms with van der Waals surface area (Å²) < 4.78 is -2.74. The maximum absolute atomic E-state index is 5.94. The molecule has 8 heteroatoms. The normalized spacial score (nSPS) is 17.2. The Balaban J connectivity index is 3.80. The second-order valence-electron chi connectivity index (χ2n) is 3.22. The van der Waals surface area contributed by atoms with Gasteiger partial charge < -0.3 is 0 Å². The molecule has 0 N–H and O–H groups in total. The van der Waals surface area contributed by atoms with E-state index in [0.29, 0.717) is 6.42 Å². The van der Waals surface area contributed by atoms with Crippen LogP contribution < -0.4 is 0 Å². The average Bonchev–Trinajstić information content (AvgIpc) is 1.94. The fourth-order valence-electron chi connectivity index (χ4n) is 0.934. The predicted octanol–water partition coefficient (Wildman–Crippen LogP) is 6.32. The monoisotopic (exact) mass is 385 g/mol. The Bertz CT molecular complexity index is 171. The molecule has 2 atom stereocenters. The quantitative estimate of drug-likeness (QED) is 0.484. The van der Waals surface area contributed by atoms with Gasteiger partial charge in [-0.2, -0.15) is 0 Å². The van der Waals surface area contributed by atoms with Crippen LogP contribution >= 0.6 is 92.8 Å². The minimum absolute atomic E-state index is 0.205. The summed E-state index contributed by atoms with van der Waals surface area (Å²) in [5.74, 6) is 0. The first-order valence-corrected chi connectivity index (χ1v) is 7.38. The zero-order chi connectivity index (χ0) is 13.0. The van der Waals surface area contributed by atoms with E-state index in [9.17, 15) is 0 Å².